The Morgan fingerprint density at radius 1 is 1.28 bits per heavy atom. The normalized spacial score (nSPS) is 19.9. The van der Waals surface area contributed by atoms with Crippen molar-refractivity contribution in [1.29, 1.82) is 0 Å². The minimum atomic E-state index is -2.65. The van der Waals surface area contributed by atoms with Crippen LogP contribution in [0.15, 0.2) is 23.1 Å². The van der Waals surface area contributed by atoms with Crippen molar-refractivity contribution in [3.63, 3.8) is 0 Å². The predicted molar refractivity (Wildman–Crippen MR) is 101 cm³/mol. The highest BCUT2D eigenvalue weighted by atomic mass is 19.3. The molecule has 1 N–H and O–H groups in total. The van der Waals surface area contributed by atoms with Gasteiger partial charge in [0.05, 0.1) is 25.5 Å². The van der Waals surface area contributed by atoms with Gasteiger partial charge in [0.15, 0.2) is 5.65 Å². The molecule has 29 heavy (non-hydrogen) atoms. The molecule has 0 unspecified atom stereocenters. The van der Waals surface area contributed by atoms with Crippen molar-refractivity contribution in [2.45, 2.75) is 38.2 Å². The molecule has 0 amide bonds. The lowest BCUT2D eigenvalue weighted by atomic mass is 10.0. The number of aromatic nitrogens is 4. The molecule has 1 aromatic carbocycles. The summed E-state index contributed by atoms with van der Waals surface area (Å²) < 4.78 is 40.0. The Morgan fingerprint density at radius 2 is 2.10 bits per heavy atom. The molecule has 3 aromatic rings. The van der Waals surface area contributed by atoms with Crippen LogP contribution in [0, 0.1) is 6.92 Å². The molecular formula is C20H20F2N4O3. The van der Waals surface area contributed by atoms with Crippen molar-refractivity contribution in [2.75, 3.05) is 19.8 Å². The van der Waals surface area contributed by atoms with Gasteiger partial charge >= 0.3 is 0 Å². The monoisotopic (exact) mass is 402 g/mol. The summed E-state index contributed by atoms with van der Waals surface area (Å²) in [5.74, 6) is 0.684. The smallest absolute Gasteiger partial charge is 0.265 e. The number of alkyl halides is 2. The summed E-state index contributed by atoms with van der Waals surface area (Å²) in [7, 11) is 0. The number of hydrogen-bond acceptors (Lipinski definition) is 5. The van der Waals surface area contributed by atoms with Crippen LogP contribution in [0.3, 0.4) is 0 Å². The molecule has 2 aromatic heterocycles. The van der Waals surface area contributed by atoms with Crippen molar-refractivity contribution in [3.8, 4) is 5.69 Å². The minimum absolute atomic E-state index is 0.0830. The van der Waals surface area contributed by atoms with E-state index in [4.69, 9.17) is 9.47 Å². The van der Waals surface area contributed by atoms with E-state index in [9.17, 15) is 13.6 Å². The average molecular weight is 402 g/mol. The molecule has 3 heterocycles. The summed E-state index contributed by atoms with van der Waals surface area (Å²) in [6.07, 6.45) is 0.379. The Bertz CT molecular complexity index is 1130. The number of benzene rings is 1. The maximum absolute atomic E-state index is 13.8. The van der Waals surface area contributed by atoms with Gasteiger partial charge in [-0.2, -0.15) is 0 Å². The molecule has 2 fully saturated rings. The van der Waals surface area contributed by atoms with E-state index in [-0.39, 0.29) is 23.2 Å². The number of aromatic amines is 1. The van der Waals surface area contributed by atoms with Gasteiger partial charge in [-0.15, -0.1) is 5.10 Å². The third kappa shape index (κ3) is 3.34. The van der Waals surface area contributed by atoms with Gasteiger partial charge in [0.25, 0.3) is 12.0 Å². The van der Waals surface area contributed by atoms with E-state index in [0.29, 0.717) is 36.2 Å². The quantitative estimate of drug-likeness (QED) is 0.724. The number of nitrogens with one attached hydrogen (secondary N) is 1. The highest BCUT2D eigenvalue weighted by Crippen LogP contribution is 2.43. The Balaban J connectivity index is 1.62. The number of aryl methyl sites for hydroxylation is 1. The topological polar surface area (TPSA) is 82.0 Å². The Labute approximate surface area is 164 Å². The van der Waals surface area contributed by atoms with Crippen LogP contribution in [0.4, 0.5) is 8.78 Å². The zero-order chi connectivity index (χ0) is 20.1. The van der Waals surface area contributed by atoms with E-state index in [2.05, 4.69) is 15.1 Å². The van der Waals surface area contributed by atoms with Gasteiger partial charge < -0.3 is 14.5 Å². The summed E-state index contributed by atoms with van der Waals surface area (Å²) >= 11 is 0. The number of fused-ring (bicyclic) bond motifs is 1. The van der Waals surface area contributed by atoms with Gasteiger partial charge in [-0.25, -0.2) is 18.4 Å². The van der Waals surface area contributed by atoms with Crippen molar-refractivity contribution in [3.05, 3.63) is 51.2 Å². The van der Waals surface area contributed by atoms with Crippen LogP contribution in [0.25, 0.3) is 16.7 Å². The number of hydrogen-bond donors (Lipinski definition) is 1. The lowest BCUT2D eigenvalue weighted by Crippen LogP contribution is -2.25. The molecule has 0 radical (unpaired) electrons. The van der Waals surface area contributed by atoms with E-state index >= 15 is 0 Å². The van der Waals surface area contributed by atoms with Gasteiger partial charge in [0, 0.05) is 11.8 Å². The van der Waals surface area contributed by atoms with Crippen molar-refractivity contribution in [1.82, 2.24) is 19.7 Å². The molecule has 5 rings (SSSR count). The second-order valence-electron chi connectivity index (χ2n) is 7.55. The van der Waals surface area contributed by atoms with Gasteiger partial charge in [0.2, 0.25) is 0 Å². The van der Waals surface area contributed by atoms with Crippen LogP contribution < -0.4 is 5.56 Å². The lowest BCUT2D eigenvalue weighted by molar-refractivity contribution is -0.0934. The first-order valence-electron chi connectivity index (χ1n) is 9.63. The van der Waals surface area contributed by atoms with Crippen molar-refractivity contribution < 1.29 is 18.3 Å². The maximum Gasteiger partial charge on any atom is 0.265 e. The summed E-state index contributed by atoms with van der Waals surface area (Å²) in [6, 6.07) is 3.49. The minimum Gasteiger partial charge on any atom is -0.376 e. The molecule has 0 bridgehead atoms. The largest absolute Gasteiger partial charge is 0.376 e. The first-order chi connectivity index (χ1) is 14.0. The SMILES string of the molecule is Cc1cc(C2CC2)cc(C(F)F)c1-n1cc2c(=O)[nH]c([C@H]3COCCO3)nc2n1. The second kappa shape index (κ2) is 7.00. The van der Waals surface area contributed by atoms with Gasteiger partial charge in [-0.3, -0.25) is 4.79 Å². The van der Waals surface area contributed by atoms with Crippen LogP contribution in [-0.4, -0.2) is 39.6 Å². The number of nitrogens with zero attached hydrogens (tertiary/aromatic N) is 3. The third-order valence-corrected chi connectivity index (χ3v) is 5.39. The predicted octanol–water partition coefficient (Wildman–Crippen LogP) is 3.32. The van der Waals surface area contributed by atoms with E-state index in [1.807, 2.05) is 6.07 Å². The standard InChI is InChI=1S/C20H20F2N4O3/c1-10-6-12(11-2-3-11)7-13(17(21)22)16(10)26-8-14-18(25-26)23-19(24-20(14)27)15-9-28-4-5-29-15/h6-8,11,15,17H,2-5,9H2,1H3,(H,23,24,25,27)/t15-/m1/s1. The zero-order valence-electron chi connectivity index (χ0n) is 15.8. The lowest BCUT2D eigenvalue weighted by Gasteiger charge is -2.21. The molecule has 1 aliphatic carbocycles. The third-order valence-electron chi connectivity index (χ3n) is 5.39. The Hall–Kier alpha value is -2.65. The summed E-state index contributed by atoms with van der Waals surface area (Å²) in [5, 5.41) is 4.58. The Kier molecular flexibility index (Phi) is 4.44. The number of ether oxygens (including phenoxy) is 2. The number of rotatable bonds is 4. The molecule has 1 saturated carbocycles. The molecule has 7 nitrogen and oxygen atoms in total. The molecule has 1 atom stereocenters. The highest BCUT2D eigenvalue weighted by molar-refractivity contribution is 5.73. The molecule has 1 aliphatic heterocycles. The van der Waals surface area contributed by atoms with Gasteiger partial charge in [-0.05, 0) is 42.9 Å². The molecular weight excluding hydrogens is 382 g/mol. The van der Waals surface area contributed by atoms with Crippen LogP contribution in [0.2, 0.25) is 0 Å². The first-order valence-corrected chi connectivity index (χ1v) is 9.63. The summed E-state index contributed by atoms with van der Waals surface area (Å²) in [5.41, 5.74) is 1.63. The van der Waals surface area contributed by atoms with E-state index in [0.717, 1.165) is 18.4 Å². The van der Waals surface area contributed by atoms with Crippen molar-refractivity contribution >= 4 is 11.0 Å². The number of halogens is 2. The fraction of sp³-hybridized carbons (Fsp3) is 0.450. The first kappa shape index (κ1) is 18.4. The van der Waals surface area contributed by atoms with Crippen LogP contribution in [-0.2, 0) is 9.47 Å². The zero-order valence-corrected chi connectivity index (χ0v) is 15.8. The maximum atomic E-state index is 13.8. The summed E-state index contributed by atoms with van der Waals surface area (Å²) in [4.78, 5) is 19.6. The summed E-state index contributed by atoms with van der Waals surface area (Å²) in [6.45, 7) is 2.97. The van der Waals surface area contributed by atoms with Crippen LogP contribution in [0.1, 0.15) is 53.8 Å². The Morgan fingerprint density at radius 3 is 2.79 bits per heavy atom. The molecule has 152 valence electrons. The number of H-pyrrole nitrogens is 1. The van der Waals surface area contributed by atoms with Crippen LogP contribution in [0.5, 0.6) is 0 Å². The average Bonchev–Trinajstić information content (AvgIpc) is 3.47. The van der Waals surface area contributed by atoms with Crippen molar-refractivity contribution in [2.24, 2.45) is 0 Å². The van der Waals surface area contributed by atoms with Crippen LogP contribution >= 0.6 is 0 Å². The fourth-order valence-electron chi connectivity index (χ4n) is 3.81. The second-order valence-corrected chi connectivity index (χ2v) is 7.55. The van der Waals surface area contributed by atoms with Gasteiger partial charge in [0.1, 0.15) is 17.3 Å². The highest BCUT2D eigenvalue weighted by Gasteiger charge is 2.28. The van der Waals surface area contributed by atoms with Gasteiger partial charge in [-0.1, -0.05) is 6.07 Å². The molecule has 1 saturated heterocycles. The van der Waals surface area contributed by atoms with E-state index in [1.165, 1.54) is 10.9 Å². The fourth-order valence-corrected chi connectivity index (χ4v) is 3.81. The molecule has 9 heteroatoms. The van der Waals surface area contributed by atoms with E-state index in [1.54, 1.807) is 13.0 Å². The molecule has 2 aliphatic rings. The van der Waals surface area contributed by atoms with E-state index < -0.39 is 18.1 Å². The molecule has 0 spiro atoms.